The van der Waals surface area contributed by atoms with Gasteiger partial charge in [0.15, 0.2) is 0 Å². The lowest BCUT2D eigenvalue weighted by atomic mass is 9.84. The molecule has 1 amide bonds. The van der Waals surface area contributed by atoms with E-state index in [0.717, 1.165) is 0 Å². The third kappa shape index (κ3) is 3.89. The van der Waals surface area contributed by atoms with Crippen LogP contribution in [-0.4, -0.2) is 5.91 Å². The van der Waals surface area contributed by atoms with Crippen molar-refractivity contribution < 1.29 is 4.79 Å². The van der Waals surface area contributed by atoms with Gasteiger partial charge in [-0.05, 0) is 22.1 Å². The van der Waals surface area contributed by atoms with Gasteiger partial charge in [0, 0.05) is 13.1 Å². The highest BCUT2D eigenvalue weighted by Crippen LogP contribution is 2.48. The quantitative estimate of drug-likeness (QED) is 0.604. The molecule has 0 atom stereocenters. The molecule has 3 rings (SSSR count). The van der Waals surface area contributed by atoms with Gasteiger partial charge in [-0.1, -0.05) is 91.0 Å². The van der Waals surface area contributed by atoms with Crippen molar-refractivity contribution in [3.63, 3.8) is 0 Å². The molecule has 130 valence electrons. The summed E-state index contributed by atoms with van der Waals surface area (Å²) in [6, 6.07) is 31.4. The number of nitrogens with one attached hydrogen (secondary N) is 1. The lowest BCUT2D eigenvalue weighted by Crippen LogP contribution is -2.25. The van der Waals surface area contributed by atoms with Crippen LogP contribution in [0.5, 0.6) is 0 Å². The average Bonchev–Trinajstić information content (AvgIpc) is 2.70. The SMILES string of the molecule is CC(=O)N/C=C/SC(c1ccccc1)(c1ccccc1)c1ccccc1. The number of amides is 1. The summed E-state index contributed by atoms with van der Waals surface area (Å²) in [6.07, 6.45) is 1.70. The van der Waals surface area contributed by atoms with E-state index in [1.54, 1.807) is 18.0 Å². The van der Waals surface area contributed by atoms with Crippen molar-refractivity contribution in [2.45, 2.75) is 11.7 Å². The Morgan fingerprint density at radius 2 is 1.15 bits per heavy atom. The Kier molecular flexibility index (Phi) is 5.92. The van der Waals surface area contributed by atoms with Crippen LogP contribution in [0.25, 0.3) is 0 Å². The summed E-state index contributed by atoms with van der Waals surface area (Å²) >= 11 is 1.67. The highest BCUT2D eigenvalue weighted by molar-refractivity contribution is 8.03. The Balaban J connectivity index is 2.18. The lowest BCUT2D eigenvalue weighted by Gasteiger charge is -2.34. The molecule has 3 aromatic carbocycles. The smallest absolute Gasteiger partial charge is 0.220 e. The summed E-state index contributed by atoms with van der Waals surface area (Å²) in [4.78, 5) is 11.2. The second-order valence-corrected chi connectivity index (χ2v) is 7.02. The highest BCUT2D eigenvalue weighted by Gasteiger charge is 2.36. The molecule has 0 fully saturated rings. The Hall–Kier alpha value is -2.78. The second kappa shape index (κ2) is 8.54. The molecule has 26 heavy (non-hydrogen) atoms. The fraction of sp³-hybridized carbons (Fsp3) is 0.0870. The topological polar surface area (TPSA) is 29.1 Å². The summed E-state index contributed by atoms with van der Waals surface area (Å²) in [5.74, 6) is -0.0772. The largest absolute Gasteiger partial charge is 0.332 e. The molecule has 0 aliphatic heterocycles. The Labute approximate surface area is 159 Å². The van der Waals surface area contributed by atoms with Crippen molar-refractivity contribution in [1.82, 2.24) is 5.32 Å². The molecule has 0 saturated carbocycles. The van der Waals surface area contributed by atoms with E-state index in [2.05, 4.69) is 78.1 Å². The third-order valence-electron chi connectivity index (χ3n) is 4.14. The van der Waals surface area contributed by atoms with Gasteiger partial charge in [-0.25, -0.2) is 0 Å². The van der Waals surface area contributed by atoms with Crippen molar-refractivity contribution in [2.24, 2.45) is 0 Å². The molecule has 0 aliphatic rings. The van der Waals surface area contributed by atoms with E-state index in [-0.39, 0.29) is 5.91 Å². The standard InChI is InChI=1S/C23H21NOS/c1-19(25)24-17-18-26-23(20-11-5-2-6-12-20,21-13-7-3-8-14-21)22-15-9-4-10-16-22/h2-18H,1H3,(H,24,25)/b18-17+. The number of thioether (sulfide) groups is 1. The summed E-state index contributed by atoms with van der Waals surface area (Å²) in [5, 5.41) is 4.68. The van der Waals surface area contributed by atoms with Gasteiger partial charge >= 0.3 is 0 Å². The first kappa shape index (κ1) is 18.0. The van der Waals surface area contributed by atoms with Gasteiger partial charge in [-0.2, -0.15) is 0 Å². The normalized spacial score (nSPS) is 11.4. The summed E-state index contributed by atoms with van der Waals surface area (Å²) in [7, 11) is 0. The molecule has 0 saturated heterocycles. The van der Waals surface area contributed by atoms with Crippen LogP contribution in [0.2, 0.25) is 0 Å². The summed E-state index contributed by atoms with van der Waals surface area (Å²) < 4.78 is -0.404. The zero-order valence-corrected chi connectivity index (χ0v) is 15.4. The maximum Gasteiger partial charge on any atom is 0.220 e. The first-order valence-electron chi connectivity index (χ1n) is 8.50. The van der Waals surface area contributed by atoms with Crippen LogP contribution in [0.3, 0.4) is 0 Å². The maximum absolute atomic E-state index is 11.2. The summed E-state index contributed by atoms with van der Waals surface area (Å²) in [5.41, 5.74) is 3.57. The first-order valence-corrected chi connectivity index (χ1v) is 9.38. The minimum atomic E-state index is -0.404. The molecule has 0 aromatic heterocycles. The van der Waals surface area contributed by atoms with Gasteiger partial charge in [0.05, 0.1) is 4.75 Å². The van der Waals surface area contributed by atoms with E-state index >= 15 is 0 Å². The fourth-order valence-electron chi connectivity index (χ4n) is 3.01. The molecule has 3 heteroatoms. The van der Waals surface area contributed by atoms with Crippen molar-refractivity contribution in [3.05, 3.63) is 119 Å². The number of rotatable bonds is 6. The summed E-state index contributed by atoms with van der Waals surface area (Å²) in [6.45, 7) is 1.51. The monoisotopic (exact) mass is 359 g/mol. The van der Waals surface area contributed by atoms with Crippen LogP contribution in [0, 0.1) is 0 Å². The Morgan fingerprint density at radius 1 is 0.769 bits per heavy atom. The minimum absolute atomic E-state index is 0.0772. The van der Waals surface area contributed by atoms with E-state index in [9.17, 15) is 4.79 Å². The van der Waals surface area contributed by atoms with Crippen LogP contribution in [0.4, 0.5) is 0 Å². The van der Waals surface area contributed by atoms with Crippen LogP contribution in [0.15, 0.2) is 103 Å². The van der Waals surface area contributed by atoms with Crippen LogP contribution in [0.1, 0.15) is 23.6 Å². The van der Waals surface area contributed by atoms with E-state index in [1.165, 1.54) is 23.6 Å². The zero-order valence-electron chi connectivity index (χ0n) is 14.6. The average molecular weight is 359 g/mol. The van der Waals surface area contributed by atoms with Gasteiger partial charge in [0.1, 0.15) is 0 Å². The van der Waals surface area contributed by atoms with E-state index < -0.39 is 4.75 Å². The Morgan fingerprint density at radius 3 is 1.50 bits per heavy atom. The molecule has 3 aromatic rings. The lowest BCUT2D eigenvalue weighted by molar-refractivity contribution is -0.118. The molecular formula is C23H21NOS. The van der Waals surface area contributed by atoms with E-state index in [4.69, 9.17) is 0 Å². The van der Waals surface area contributed by atoms with Crippen LogP contribution < -0.4 is 5.32 Å². The molecule has 2 nitrogen and oxygen atoms in total. The van der Waals surface area contributed by atoms with Gasteiger partial charge < -0.3 is 5.32 Å². The molecular weight excluding hydrogens is 338 g/mol. The molecule has 0 spiro atoms. The van der Waals surface area contributed by atoms with E-state index in [1.807, 2.05) is 23.6 Å². The second-order valence-electron chi connectivity index (χ2n) is 5.90. The predicted molar refractivity (Wildman–Crippen MR) is 110 cm³/mol. The van der Waals surface area contributed by atoms with Crippen molar-refractivity contribution >= 4 is 17.7 Å². The highest BCUT2D eigenvalue weighted by atomic mass is 32.2. The molecule has 0 heterocycles. The molecule has 1 N–H and O–H groups in total. The number of benzene rings is 3. The molecule has 0 bridgehead atoms. The number of hydrogen-bond donors (Lipinski definition) is 1. The zero-order chi connectivity index (χ0) is 18.2. The number of hydrogen-bond acceptors (Lipinski definition) is 2. The molecule has 0 aliphatic carbocycles. The Bertz CT molecular complexity index is 764. The fourth-order valence-corrected chi connectivity index (χ4v) is 4.17. The van der Waals surface area contributed by atoms with Crippen molar-refractivity contribution in [2.75, 3.05) is 0 Å². The number of carbonyl (C=O) groups is 1. The van der Waals surface area contributed by atoms with Gasteiger partial charge in [-0.15, -0.1) is 11.8 Å². The number of carbonyl (C=O) groups excluding carboxylic acids is 1. The minimum Gasteiger partial charge on any atom is -0.332 e. The maximum atomic E-state index is 11.2. The van der Waals surface area contributed by atoms with E-state index in [0.29, 0.717) is 0 Å². The van der Waals surface area contributed by atoms with Crippen molar-refractivity contribution in [3.8, 4) is 0 Å². The van der Waals surface area contributed by atoms with Gasteiger partial charge in [-0.3, -0.25) is 4.79 Å². The molecule has 0 radical (unpaired) electrons. The van der Waals surface area contributed by atoms with Gasteiger partial charge in [0.2, 0.25) is 5.91 Å². The first-order chi connectivity index (χ1) is 12.7. The molecule has 0 unspecified atom stereocenters. The predicted octanol–water partition coefficient (Wildman–Crippen LogP) is 5.32. The van der Waals surface area contributed by atoms with Crippen LogP contribution >= 0.6 is 11.8 Å². The van der Waals surface area contributed by atoms with Gasteiger partial charge in [0.25, 0.3) is 0 Å². The van der Waals surface area contributed by atoms with Crippen LogP contribution in [-0.2, 0) is 9.54 Å². The van der Waals surface area contributed by atoms with Crippen molar-refractivity contribution in [1.29, 1.82) is 0 Å². The third-order valence-corrected chi connectivity index (χ3v) is 5.47.